The first-order valence-electron chi connectivity index (χ1n) is 4.13. The number of carbonyl (C=O) groups is 1. The van der Waals surface area contributed by atoms with E-state index in [4.69, 9.17) is 10.8 Å². The molecule has 0 aliphatic carbocycles. The number of hydrogen-bond donors (Lipinski definition) is 2. The third kappa shape index (κ3) is 5.92. The zero-order chi connectivity index (χ0) is 9.61. The zero-order valence-corrected chi connectivity index (χ0v) is 7.71. The lowest BCUT2D eigenvalue weighted by Gasteiger charge is -2.19. The Morgan fingerprint density at radius 2 is 2.17 bits per heavy atom. The highest BCUT2D eigenvalue weighted by Gasteiger charge is 2.12. The Bertz CT molecular complexity index is 173. The molecule has 0 spiro atoms. The number of hydrogen-bond acceptors (Lipinski definition) is 2. The van der Waals surface area contributed by atoms with Gasteiger partial charge in [0.25, 0.3) is 0 Å². The molecule has 3 N–H and O–H groups in total. The van der Waals surface area contributed by atoms with E-state index in [2.05, 4.69) is 0 Å². The molecular weight excluding hydrogens is 154 g/mol. The number of carboxylic acids is 1. The van der Waals surface area contributed by atoms with E-state index in [-0.39, 0.29) is 12.0 Å². The molecule has 0 heterocycles. The van der Waals surface area contributed by atoms with Crippen LogP contribution in [0.1, 0.15) is 33.1 Å². The summed E-state index contributed by atoms with van der Waals surface area (Å²) >= 11 is 0. The Morgan fingerprint density at radius 3 is 2.58 bits per heavy atom. The van der Waals surface area contributed by atoms with Gasteiger partial charge >= 0.3 is 5.97 Å². The molecule has 0 aromatic carbocycles. The van der Waals surface area contributed by atoms with Crippen LogP contribution >= 0.6 is 0 Å². The van der Waals surface area contributed by atoms with Crippen LogP contribution in [0.15, 0.2) is 12.2 Å². The molecule has 0 saturated heterocycles. The van der Waals surface area contributed by atoms with E-state index >= 15 is 0 Å². The molecule has 0 aliphatic heterocycles. The van der Waals surface area contributed by atoms with Crippen LogP contribution in [0.2, 0.25) is 0 Å². The Kier molecular flexibility index (Phi) is 4.59. The van der Waals surface area contributed by atoms with E-state index in [0.717, 1.165) is 12.8 Å². The SMILES string of the molecule is CCC(C)(N)C/C=C/CC(=O)O. The Hall–Kier alpha value is -0.830. The lowest BCUT2D eigenvalue weighted by Crippen LogP contribution is -2.34. The van der Waals surface area contributed by atoms with Crippen molar-refractivity contribution >= 4 is 5.97 Å². The minimum absolute atomic E-state index is 0.0831. The molecule has 0 aliphatic rings. The summed E-state index contributed by atoms with van der Waals surface area (Å²) in [6.45, 7) is 3.98. The fourth-order valence-corrected chi connectivity index (χ4v) is 0.681. The van der Waals surface area contributed by atoms with E-state index in [1.54, 1.807) is 6.08 Å². The lowest BCUT2D eigenvalue weighted by molar-refractivity contribution is -0.136. The van der Waals surface area contributed by atoms with Gasteiger partial charge in [-0.15, -0.1) is 0 Å². The van der Waals surface area contributed by atoms with Gasteiger partial charge in [-0.25, -0.2) is 0 Å². The van der Waals surface area contributed by atoms with Gasteiger partial charge in [-0.2, -0.15) is 0 Å². The molecular formula is C9H17NO2. The standard InChI is InChI=1S/C9H17NO2/c1-3-9(2,10)7-5-4-6-8(11)12/h4-5H,3,6-7,10H2,1-2H3,(H,11,12)/b5-4+. The predicted molar refractivity (Wildman–Crippen MR) is 48.9 cm³/mol. The topological polar surface area (TPSA) is 63.3 Å². The maximum Gasteiger partial charge on any atom is 0.307 e. The maximum absolute atomic E-state index is 10.1. The second kappa shape index (κ2) is 4.93. The van der Waals surface area contributed by atoms with Crippen molar-refractivity contribution in [3.8, 4) is 0 Å². The molecule has 0 fully saturated rings. The van der Waals surface area contributed by atoms with Crippen molar-refractivity contribution in [2.75, 3.05) is 0 Å². The van der Waals surface area contributed by atoms with Crippen LogP contribution in [-0.2, 0) is 4.79 Å². The van der Waals surface area contributed by atoms with Gasteiger partial charge in [0.05, 0.1) is 6.42 Å². The van der Waals surface area contributed by atoms with E-state index in [9.17, 15) is 4.79 Å². The van der Waals surface area contributed by atoms with Gasteiger partial charge < -0.3 is 10.8 Å². The first kappa shape index (κ1) is 11.2. The monoisotopic (exact) mass is 171 g/mol. The average Bonchev–Trinajstić information content (AvgIpc) is 1.98. The predicted octanol–water partition coefficient (Wildman–Crippen LogP) is 1.53. The van der Waals surface area contributed by atoms with Gasteiger partial charge in [0.1, 0.15) is 0 Å². The van der Waals surface area contributed by atoms with Crippen molar-refractivity contribution in [2.45, 2.75) is 38.6 Å². The molecule has 12 heavy (non-hydrogen) atoms. The Labute approximate surface area is 73.3 Å². The van der Waals surface area contributed by atoms with Crippen LogP contribution < -0.4 is 5.73 Å². The fraction of sp³-hybridized carbons (Fsp3) is 0.667. The minimum Gasteiger partial charge on any atom is -0.481 e. The summed E-state index contributed by atoms with van der Waals surface area (Å²) in [7, 11) is 0. The third-order valence-electron chi connectivity index (χ3n) is 1.85. The van der Waals surface area contributed by atoms with Gasteiger partial charge in [0, 0.05) is 5.54 Å². The van der Waals surface area contributed by atoms with E-state index in [0.29, 0.717) is 0 Å². The van der Waals surface area contributed by atoms with Gasteiger partial charge in [0.2, 0.25) is 0 Å². The first-order chi connectivity index (χ1) is 5.48. The van der Waals surface area contributed by atoms with Gasteiger partial charge in [-0.1, -0.05) is 19.1 Å². The second-order valence-electron chi connectivity index (χ2n) is 3.28. The van der Waals surface area contributed by atoms with Crippen LogP contribution in [0.25, 0.3) is 0 Å². The van der Waals surface area contributed by atoms with E-state index in [1.807, 2.05) is 19.9 Å². The van der Waals surface area contributed by atoms with Crippen molar-refractivity contribution in [3.05, 3.63) is 12.2 Å². The largest absolute Gasteiger partial charge is 0.481 e. The second-order valence-corrected chi connectivity index (χ2v) is 3.28. The zero-order valence-electron chi connectivity index (χ0n) is 7.71. The highest BCUT2D eigenvalue weighted by Crippen LogP contribution is 2.10. The summed E-state index contributed by atoms with van der Waals surface area (Å²) in [5.74, 6) is -0.804. The minimum atomic E-state index is -0.804. The highest BCUT2D eigenvalue weighted by atomic mass is 16.4. The number of carboxylic acid groups (broad SMARTS) is 1. The quantitative estimate of drug-likeness (QED) is 0.617. The molecule has 0 aromatic heterocycles. The number of nitrogens with two attached hydrogens (primary N) is 1. The van der Waals surface area contributed by atoms with Crippen molar-refractivity contribution < 1.29 is 9.90 Å². The molecule has 1 atom stereocenters. The van der Waals surface area contributed by atoms with Crippen LogP contribution in [0.3, 0.4) is 0 Å². The summed E-state index contributed by atoms with van der Waals surface area (Å²) in [5, 5.41) is 8.32. The smallest absolute Gasteiger partial charge is 0.307 e. The fourth-order valence-electron chi connectivity index (χ4n) is 0.681. The van der Waals surface area contributed by atoms with Crippen molar-refractivity contribution in [3.63, 3.8) is 0 Å². The van der Waals surface area contributed by atoms with E-state index < -0.39 is 5.97 Å². The Morgan fingerprint density at radius 1 is 1.58 bits per heavy atom. The molecule has 3 heteroatoms. The first-order valence-corrected chi connectivity index (χ1v) is 4.13. The Balaban J connectivity index is 3.67. The van der Waals surface area contributed by atoms with Crippen molar-refractivity contribution in [2.24, 2.45) is 5.73 Å². The van der Waals surface area contributed by atoms with Gasteiger partial charge in [0.15, 0.2) is 0 Å². The van der Waals surface area contributed by atoms with Crippen molar-refractivity contribution in [1.29, 1.82) is 0 Å². The maximum atomic E-state index is 10.1. The molecule has 0 amide bonds. The van der Waals surface area contributed by atoms with Crippen LogP contribution in [0, 0.1) is 0 Å². The normalized spacial score (nSPS) is 16.2. The molecule has 0 aromatic rings. The summed E-state index contributed by atoms with van der Waals surface area (Å²) in [4.78, 5) is 10.1. The number of aliphatic carboxylic acids is 1. The molecule has 0 rings (SSSR count). The van der Waals surface area contributed by atoms with Gasteiger partial charge in [-0.05, 0) is 19.8 Å². The van der Waals surface area contributed by atoms with Crippen LogP contribution in [0.5, 0.6) is 0 Å². The van der Waals surface area contributed by atoms with E-state index in [1.165, 1.54) is 0 Å². The summed E-state index contributed by atoms with van der Waals surface area (Å²) in [5.41, 5.74) is 5.63. The van der Waals surface area contributed by atoms with Crippen molar-refractivity contribution in [1.82, 2.24) is 0 Å². The summed E-state index contributed by atoms with van der Waals surface area (Å²) in [6, 6.07) is 0. The number of rotatable bonds is 5. The van der Waals surface area contributed by atoms with Gasteiger partial charge in [-0.3, -0.25) is 4.79 Å². The van der Waals surface area contributed by atoms with Crippen LogP contribution in [-0.4, -0.2) is 16.6 Å². The molecule has 0 radical (unpaired) electrons. The molecule has 70 valence electrons. The third-order valence-corrected chi connectivity index (χ3v) is 1.85. The molecule has 3 nitrogen and oxygen atoms in total. The average molecular weight is 171 g/mol. The summed E-state index contributed by atoms with van der Waals surface area (Å²) < 4.78 is 0. The molecule has 0 saturated carbocycles. The lowest BCUT2D eigenvalue weighted by atomic mass is 9.96. The molecule has 0 bridgehead atoms. The highest BCUT2D eigenvalue weighted by molar-refractivity contribution is 5.68. The molecule has 1 unspecified atom stereocenters. The summed E-state index contributed by atoms with van der Waals surface area (Å²) in [6.07, 6.45) is 5.18. The van der Waals surface area contributed by atoms with Crippen LogP contribution in [0.4, 0.5) is 0 Å².